The van der Waals surface area contributed by atoms with Crippen LogP contribution < -0.4 is 16.8 Å². The fraction of sp³-hybridized carbons (Fsp3) is 0.333. The molecule has 1 aromatic rings. The summed E-state index contributed by atoms with van der Waals surface area (Å²) in [5.41, 5.74) is 11.8. The van der Waals surface area contributed by atoms with Crippen LogP contribution in [0, 0.1) is 0 Å². The van der Waals surface area contributed by atoms with E-state index >= 15 is 0 Å². The maximum absolute atomic E-state index is 11.9. The van der Waals surface area contributed by atoms with Gasteiger partial charge in [-0.1, -0.05) is 12.1 Å². The maximum Gasteiger partial charge on any atom is 0.305 e. The molecule has 0 aliphatic rings. The molecule has 0 bridgehead atoms. The average molecular weight is 320 g/mol. The van der Waals surface area contributed by atoms with Crippen LogP contribution in [0.1, 0.15) is 28.8 Å². The van der Waals surface area contributed by atoms with E-state index in [-0.39, 0.29) is 5.96 Å². The Morgan fingerprint density at radius 3 is 2.43 bits per heavy atom. The lowest BCUT2D eigenvalue weighted by Gasteiger charge is -2.10. The molecule has 0 aliphatic carbocycles. The van der Waals surface area contributed by atoms with Crippen LogP contribution in [0.3, 0.4) is 0 Å². The first kappa shape index (κ1) is 18.1. The van der Waals surface area contributed by atoms with Gasteiger partial charge in [-0.2, -0.15) is 0 Å². The zero-order valence-electron chi connectivity index (χ0n) is 12.6. The van der Waals surface area contributed by atoms with Crippen molar-refractivity contribution in [2.24, 2.45) is 16.5 Å². The van der Waals surface area contributed by atoms with Gasteiger partial charge in [-0.05, 0) is 30.5 Å². The van der Waals surface area contributed by atoms with Crippen molar-refractivity contribution >= 4 is 24.1 Å². The van der Waals surface area contributed by atoms with E-state index in [0.717, 1.165) is 18.4 Å². The second-order valence-electron chi connectivity index (χ2n) is 4.92. The van der Waals surface area contributed by atoms with Crippen molar-refractivity contribution in [1.82, 2.24) is 5.32 Å². The minimum Gasteiger partial charge on any atom is -0.481 e. The summed E-state index contributed by atoms with van der Waals surface area (Å²) < 4.78 is 0. The number of carbonyl (C=O) groups excluding carboxylic acids is 2. The molecular formula is C15H20N4O4. The van der Waals surface area contributed by atoms with E-state index in [9.17, 15) is 14.4 Å². The summed E-state index contributed by atoms with van der Waals surface area (Å²) in [5.74, 6) is -1.59. The van der Waals surface area contributed by atoms with Crippen molar-refractivity contribution < 1.29 is 19.5 Å². The molecule has 6 N–H and O–H groups in total. The average Bonchev–Trinajstić information content (AvgIpc) is 2.50. The second-order valence-corrected chi connectivity index (χ2v) is 4.92. The van der Waals surface area contributed by atoms with Gasteiger partial charge in [-0.3, -0.25) is 14.6 Å². The standard InChI is InChI=1S/C15H20N4O4/c16-15(17)18-7-1-2-10-3-5-11(6-4-10)14(23)19-12(9-20)8-13(21)22/h3-6,9,12H,1-2,7-8H2,(H,19,23)(H,21,22)(H4,16,17,18)/t12-/m0/s1. The molecule has 0 saturated heterocycles. The number of aliphatic imine (C=N–C) groups is 1. The normalized spacial score (nSPS) is 11.3. The number of aliphatic carboxylic acids is 1. The van der Waals surface area contributed by atoms with Gasteiger partial charge in [0.05, 0.1) is 12.5 Å². The zero-order valence-corrected chi connectivity index (χ0v) is 12.6. The molecule has 0 unspecified atom stereocenters. The monoisotopic (exact) mass is 320 g/mol. The van der Waals surface area contributed by atoms with Crippen LogP contribution in [0.15, 0.2) is 29.3 Å². The number of rotatable bonds is 9. The first-order chi connectivity index (χ1) is 10.9. The van der Waals surface area contributed by atoms with Crippen LogP contribution in [0.2, 0.25) is 0 Å². The minimum absolute atomic E-state index is 0.0584. The highest BCUT2D eigenvalue weighted by Crippen LogP contribution is 2.07. The van der Waals surface area contributed by atoms with E-state index in [1.54, 1.807) is 24.3 Å². The SMILES string of the molecule is NC(N)=NCCCc1ccc(C(=O)N[C@H](C=O)CC(=O)O)cc1. The molecule has 0 saturated carbocycles. The highest BCUT2D eigenvalue weighted by molar-refractivity contribution is 5.96. The van der Waals surface area contributed by atoms with Gasteiger partial charge in [0, 0.05) is 12.1 Å². The van der Waals surface area contributed by atoms with E-state index in [2.05, 4.69) is 10.3 Å². The Bertz CT molecular complexity index is 580. The number of carboxylic acid groups (broad SMARTS) is 1. The largest absolute Gasteiger partial charge is 0.481 e. The number of hydrogen-bond acceptors (Lipinski definition) is 4. The highest BCUT2D eigenvalue weighted by Gasteiger charge is 2.15. The third-order valence-electron chi connectivity index (χ3n) is 3.01. The molecule has 0 spiro atoms. The van der Waals surface area contributed by atoms with Gasteiger partial charge in [-0.25, -0.2) is 0 Å². The molecule has 0 radical (unpaired) electrons. The van der Waals surface area contributed by atoms with E-state index in [0.29, 0.717) is 18.4 Å². The van der Waals surface area contributed by atoms with Crippen molar-refractivity contribution in [2.45, 2.75) is 25.3 Å². The van der Waals surface area contributed by atoms with E-state index in [1.165, 1.54) is 0 Å². The third kappa shape index (κ3) is 7.07. The number of hydrogen-bond donors (Lipinski definition) is 4. The topological polar surface area (TPSA) is 148 Å². The Labute approximate surface area is 133 Å². The Kier molecular flexibility index (Phi) is 7.25. The molecule has 0 aromatic heterocycles. The quantitative estimate of drug-likeness (QED) is 0.212. The molecule has 1 atom stereocenters. The van der Waals surface area contributed by atoms with Crippen molar-refractivity contribution in [3.8, 4) is 0 Å². The molecule has 1 rings (SSSR count). The number of amides is 1. The van der Waals surface area contributed by atoms with Gasteiger partial charge in [-0.15, -0.1) is 0 Å². The molecule has 8 nitrogen and oxygen atoms in total. The van der Waals surface area contributed by atoms with Crippen LogP contribution in [0.5, 0.6) is 0 Å². The Balaban J connectivity index is 2.54. The van der Waals surface area contributed by atoms with Crippen molar-refractivity contribution in [3.05, 3.63) is 35.4 Å². The smallest absolute Gasteiger partial charge is 0.305 e. The molecule has 23 heavy (non-hydrogen) atoms. The van der Waals surface area contributed by atoms with E-state index in [4.69, 9.17) is 16.6 Å². The molecule has 0 aliphatic heterocycles. The summed E-state index contributed by atoms with van der Waals surface area (Å²) in [7, 11) is 0. The Morgan fingerprint density at radius 2 is 1.91 bits per heavy atom. The number of aryl methyl sites for hydroxylation is 1. The molecule has 8 heteroatoms. The molecule has 0 heterocycles. The van der Waals surface area contributed by atoms with Crippen LogP contribution in [-0.2, 0) is 16.0 Å². The van der Waals surface area contributed by atoms with Gasteiger partial charge in [0.1, 0.15) is 6.29 Å². The van der Waals surface area contributed by atoms with Gasteiger partial charge < -0.3 is 26.7 Å². The number of nitrogens with zero attached hydrogens (tertiary/aromatic N) is 1. The third-order valence-corrected chi connectivity index (χ3v) is 3.01. The summed E-state index contributed by atoms with van der Waals surface area (Å²) in [5, 5.41) is 11.0. The van der Waals surface area contributed by atoms with Crippen LogP contribution in [0.25, 0.3) is 0 Å². The number of nitrogens with two attached hydrogens (primary N) is 2. The Hall–Kier alpha value is -2.90. The summed E-state index contributed by atoms with van der Waals surface area (Å²) >= 11 is 0. The van der Waals surface area contributed by atoms with Crippen molar-refractivity contribution in [3.63, 3.8) is 0 Å². The molecule has 124 valence electrons. The van der Waals surface area contributed by atoms with Crippen molar-refractivity contribution in [1.29, 1.82) is 0 Å². The fourth-order valence-corrected chi connectivity index (χ4v) is 1.89. The zero-order chi connectivity index (χ0) is 17.2. The van der Waals surface area contributed by atoms with Crippen LogP contribution in [0.4, 0.5) is 0 Å². The van der Waals surface area contributed by atoms with Gasteiger partial charge in [0.15, 0.2) is 5.96 Å². The number of benzene rings is 1. The molecule has 1 aromatic carbocycles. The lowest BCUT2D eigenvalue weighted by molar-refractivity contribution is -0.138. The van der Waals surface area contributed by atoms with Crippen LogP contribution in [-0.4, -0.2) is 41.8 Å². The van der Waals surface area contributed by atoms with Crippen LogP contribution >= 0.6 is 0 Å². The first-order valence-electron chi connectivity index (χ1n) is 7.04. The predicted molar refractivity (Wildman–Crippen MR) is 85.0 cm³/mol. The van der Waals surface area contributed by atoms with E-state index < -0.39 is 24.3 Å². The summed E-state index contributed by atoms with van der Waals surface area (Å²) in [6, 6.07) is 5.77. The minimum atomic E-state index is -1.15. The van der Waals surface area contributed by atoms with Gasteiger partial charge in [0.2, 0.25) is 0 Å². The molecule has 1 amide bonds. The summed E-state index contributed by atoms with van der Waals surface area (Å²) in [6.07, 6.45) is 1.49. The first-order valence-corrected chi connectivity index (χ1v) is 7.04. The molecular weight excluding hydrogens is 300 g/mol. The van der Waals surface area contributed by atoms with Gasteiger partial charge in [0.25, 0.3) is 5.91 Å². The Morgan fingerprint density at radius 1 is 1.26 bits per heavy atom. The summed E-state index contributed by atoms with van der Waals surface area (Å²) in [6.45, 7) is 0.529. The fourth-order valence-electron chi connectivity index (χ4n) is 1.89. The number of aldehydes is 1. The predicted octanol–water partition coefficient (Wildman–Crippen LogP) is -0.335. The highest BCUT2D eigenvalue weighted by atomic mass is 16.4. The molecule has 0 fully saturated rings. The maximum atomic E-state index is 11.9. The number of nitrogens with one attached hydrogen (secondary N) is 1. The number of carbonyl (C=O) groups is 3. The van der Waals surface area contributed by atoms with Crippen molar-refractivity contribution in [2.75, 3.05) is 6.54 Å². The summed E-state index contributed by atoms with van der Waals surface area (Å²) in [4.78, 5) is 37.1. The number of guanidine groups is 1. The second kappa shape index (κ2) is 9.19. The van der Waals surface area contributed by atoms with Gasteiger partial charge >= 0.3 is 5.97 Å². The van der Waals surface area contributed by atoms with E-state index in [1.807, 2.05) is 0 Å². The lowest BCUT2D eigenvalue weighted by Crippen LogP contribution is -2.37. The lowest BCUT2D eigenvalue weighted by atomic mass is 10.1. The number of carboxylic acids is 1.